The van der Waals surface area contributed by atoms with Gasteiger partial charge in [-0.25, -0.2) is 8.42 Å². The fourth-order valence-electron chi connectivity index (χ4n) is 4.32. The van der Waals surface area contributed by atoms with Gasteiger partial charge in [-0.05, 0) is 48.6 Å². The van der Waals surface area contributed by atoms with Crippen LogP contribution in [0.25, 0.3) is 0 Å². The number of fused-ring (bicyclic) bond motifs is 1. The number of benzene rings is 2. The summed E-state index contributed by atoms with van der Waals surface area (Å²) in [4.78, 5) is 14.7. The minimum Gasteiger partial charge on any atom is -0.495 e. The molecule has 0 radical (unpaired) electrons. The minimum absolute atomic E-state index is 0.0383. The lowest BCUT2D eigenvalue weighted by molar-refractivity contribution is -0.130. The van der Waals surface area contributed by atoms with Crippen LogP contribution in [-0.4, -0.2) is 70.5 Å². The molecule has 178 valence electrons. The number of hydrogen-bond acceptors (Lipinski definition) is 6. The molecule has 33 heavy (non-hydrogen) atoms. The van der Waals surface area contributed by atoms with E-state index in [1.165, 1.54) is 24.1 Å². The van der Waals surface area contributed by atoms with Crippen LogP contribution in [0.15, 0.2) is 35.2 Å². The van der Waals surface area contributed by atoms with Gasteiger partial charge in [0.05, 0.1) is 36.4 Å². The number of sulfonamides is 1. The van der Waals surface area contributed by atoms with Gasteiger partial charge in [-0.2, -0.15) is 4.31 Å². The number of carbonyl (C=O) groups excluding carboxylic acids is 1. The number of ether oxygens (including phenoxy) is 2. The highest BCUT2D eigenvalue weighted by Gasteiger charge is 2.30. The summed E-state index contributed by atoms with van der Waals surface area (Å²) >= 11 is 6.18. The van der Waals surface area contributed by atoms with Crippen molar-refractivity contribution in [2.45, 2.75) is 24.2 Å². The number of anilines is 1. The molecule has 2 aromatic rings. The maximum Gasteiger partial charge on any atom is 0.243 e. The van der Waals surface area contributed by atoms with Gasteiger partial charge in [0.25, 0.3) is 0 Å². The average Bonchev–Trinajstić information content (AvgIpc) is 3.30. The Morgan fingerprint density at radius 3 is 2.39 bits per heavy atom. The van der Waals surface area contributed by atoms with Crippen LogP contribution < -0.4 is 14.8 Å². The number of methoxy groups -OCH3 is 2. The van der Waals surface area contributed by atoms with Gasteiger partial charge in [-0.1, -0.05) is 17.7 Å². The third-order valence-electron chi connectivity index (χ3n) is 6.20. The van der Waals surface area contributed by atoms with Crippen molar-refractivity contribution in [2.75, 3.05) is 52.3 Å². The number of piperazine rings is 1. The topological polar surface area (TPSA) is 88.2 Å². The summed E-state index contributed by atoms with van der Waals surface area (Å²) in [6.45, 7) is 1.25. The summed E-state index contributed by atoms with van der Waals surface area (Å²) < 4.78 is 38.2. The number of carbonyl (C=O) groups is 1. The van der Waals surface area contributed by atoms with E-state index < -0.39 is 10.0 Å². The fourth-order valence-corrected chi connectivity index (χ4v) is 6.03. The molecule has 1 aliphatic carbocycles. The van der Waals surface area contributed by atoms with Crippen LogP contribution in [-0.2, 0) is 27.7 Å². The quantitative estimate of drug-likeness (QED) is 0.638. The highest BCUT2D eigenvalue weighted by atomic mass is 35.5. The Kier molecular flexibility index (Phi) is 7.02. The Bertz CT molecular complexity index is 1150. The smallest absolute Gasteiger partial charge is 0.243 e. The molecule has 1 heterocycles. The van der Waals surface area contributed by atoms with Crippen LogP contribution in [0, 0.1) is 0 Å². The number of halogens is 1. The SMILES string of the molecule is COc1cc(OC)c(NCC(=O)N2CCN(S(=O)(=O)c3ccc4c(c3)CCC4)CC2)cc1Cl. The van der Waals surface area contributed by atoms with E-state index in [2.05, 4.69) is 5.32 Å². The van der Waals surface area contributed by atoms with E-state index in [1.807, 2.05) is 12.1 Å². The highest BCUT2D eigenvalue weighted by molar-refractivity contribution is 7.89. The lowest BCUT2D eigenvalue weighted by atomic mass is 10.1. The summed E-state index contributed by atoms with van der Waals surface area (Å²) in [5.41, 5.74) is 2.95. The van der Waals surface area contributed by atoms with Crippen LogP contribution in [0.5, 0.6) is 11.5 Å². The summed E-state index contributed by atoms with van der Waals surface area (Å²) in [6.07, 6.45) is 3.01. The fraction of sp³-hybridized carbons (Fsp3) is 0.435. The summed E-state index contributed by atoms with van der Waals surface area (Å²) in [5, 5.41) is 3.46. The lowest BCUT2D eigenvalue weighted by Crippen LogP contribution is -2.51. The van der Waals surface area contributed by atoms with E-state index >= 15 is 0 Å². The maximum absolute atomic E-state index is 13.1. The highest BCUT2D eigenvalue weighted by Crippen LogP contribution is 2.35. The number of aryl methyl sites for hydroxylation is 2. The molecule has 2 aliphatic rings. The Balaban J connectivity index is 1.35. The van der Waals surface area contributed by atoms with Gasteiger partial charge in [0.2, 0.25) is 15.9 Å². The van der Waals surface area contributed by atoms with E-state index in [1.54, 1.807) is 23.1 Å². The van der Waals surface area contributed by atoms with Crippen LogP contribution in [0.3, 0.4) is 0 Å². The molecule has 1 amide bonds. The molecule has 0 saturated carbocycles. The second-order valence-electron chi connectivity index (χ2n) is 8.11. The molecular formula is C23H28ClN3O5S. The molecule has 1 N–H and O–H groups in total. The zero-order valence-electron chi connectivity index (χ0n) is 18.8. The van der Waals surface area contributed by atoms with Crippen LogP contribution in [0.4, 0.5) is 5.69 Å². The van der Waals surface area contributed by atoms with Crippen molar-refractivity contribution in [1.82, 2.24) is 9.21 Å². The van der Waals surface area contributed by atoms with Gasteiger partial charge in [0.1, 0.15) is 11.5 Å². The summed E-state index contributed by atoms with van der Waals surface area (Å²) in [5.74, 6) is 0.860. The molecule has 2 aromatic carbocycles. The van der Waals surface area contributed by atoms with Crippen LogP contribution in [0.2, 0.25) is 5.02 Å². The molecular weight excluding hydrogens is 466 g/mol. The maximum atomic E-state index is 13.1. The molecule has 1 aliphatic heterocycles. The van der Waals surface area contributed by atoms with Gasteiger partial charge >= 0.3 is 0 Å². The number of amides is 1. The van der Waals surface area contributed by atoms with Gasteiger partial charge in [0.15, 0.2) is 0 Å². The first-order valence-corrected chi connectivity index (χ1v) is 12.7. The van der Waals surface area contributed by atoms with E-state index in [4.69, 9.17) is 21.1 Å². The number of hydrogen-bond donors (Lipinski definition) is 1. The number of nitrogens with zero attached hydrogens (tertiary/aromatic N) is 2. The standard InChI is InChI=1S/C23H28ClN3O5S/c1-31-21-14-22(32-2)20(13-19(21)24)25-15-23(28)26-8-10-27(11-9-26)33(29,30)18-7-6-16-4-3-5-17(16)12-18/h6-7,12-14,25H,3-5,8-11,15H2,1-2H3. The molecule has 1 fully saturated rings. The first-order valence-electron chi connectivity index (χ1n) is 10.9. The molecule has 0 aromatic heterocycles. The van der Waals surface area contributed by atoms with Crippen molar-refractivity contribution in [3.8, 4) is 11.5 Å². The zero-order valence-corrected chi connectivity index (χ0v) is 20.3. The Morgan fingerprint density at radius 2 is 1.70 bits per heavy atom. The monoisotopic (exact) mass is 493 g/mol. The van der Waals surface area contributed by atoms with Crippen molar-refractivity contribution in [2.24, 2.45) is 0 Å². The normalized spacial score (nSPS) is 16.4. The lowest BCUT2D eigenvalue weighted by Gasteiger charge is -2.34. The Hall–Kier alpha value is -2.49. The van der Waals surface area contributed by atoms with Gasteiger partial charge in [0, 0.05) is 32.2 Å². The van der Waals surface area contributed by atoms with E-state index in [9.17, 15) is 13.2 Å². The minimum atomic E-state index is -3.57. The molecule has 1 saturated heterocycles. The van der Waals surface area contributed by atoms with Crippen molar-refractivity contribution < 1.29 is 22.7 Å². The van der Waals surface area contributed by atoms with Gasteiger partial charge in [-0.15, -0.1) is 0 Å². The Morgan fingerprint density at radius 1 is 1.00 bits per heavy atom. The van der Waals surface area contributed by atoms with Crippen LogP contribution in [0.1, 0.15) is 17.5 Å². The van der Waals surface area contributed by atoms with E-state index in [0.717, 1.165) is 24.8 Å². The molecule has 0 unspecified atom stereocenters. The summed E-state index contributed by atoms with van der Waals surface area (Å²) in [7, 11) is -0.532. The van der Waals surface area contributed by atoms with Crippen LogP contribution >= 0.6 is 11.6 Å². The van der Waals surface area contributed by atoms with E-state index in [0.29, 0.717) is 40.2 Å². The molecule has 0 spiro atoms. The summed E-state index contributed by atoms with van der Waals surface area (Å²) in [6, 6.07) is 8.74. The third kappa shape index (κ3) is 4.90. The average molecular weight is 494 g/mol. The van der Waals surface area contributed by atoms with Crippen molar-refractivity contribution in [3.05, 3.63) is 46.5 Å². The zero-order chi connectivity index (χ0) is 23.6. The van der Waals surface area contributed by atoms with Gasteiger partial charge < -0.3 is 19.7 Å². The molecule has 10 heteroatoms. The predicted octanol–water partition coefficient (Wildman–Crippen LogP) is 2.79. The Labute approximate surface area is 199 Å². The predicted molar refractivity (Wildman–Crippen MR) is 127 cm³/mol. The molecule has 0 atom stereocenters. The van der Waals surface area contributed by atoms with Crippen molar-refractivity contribution >= 4 is 33.2 Å². The second kappa shape index (κ2) is 9.79. The number of nitrogens with one attached hydrogen (secondary N) is 1. The van der Waals surface area contributed by atoms with Crippen molar-refractivity contribution in [1.29, 1.82) is 0 Å². The third-order valence-corrected chi connectivity index (χ3v) is 8.39. The molecule has 8 nitrogen and oxygen atoms in total. The number of rotatable bonds is 7. The molecule has 4 rings (SSSR count). The second-order valence-corrected chi connectivity index (χ2v) is 10.5. The van der Waals surface area contributed by atoms with Gasteiger partial charge in [-0.3, -0.25) is 4.79 Å². The first kappa shape index (κ1) is 23.7. The van der Waals surface area contributed by atoms with Crippen molar-refractivity contribution in [3.63, 3.8) is 0 Å². The first-order chi connectivity index (χ1) is 15.8. The van der Waals surface area contributed by atoms with E-state index in [-0.39, 0.29) is 25.5 Å². The molecule has 0 bridgehead atoms. The largest absolute Gasteiger partial charge is 0.495 e.